The van der Waals surface area contributed by atoms with Gasteiger partial charge in [0.2, 0.25) is 5.95 Å². The number of nitrogens with zero attached hydrogens (tertiary/aromatic N) is 2. The molecule has 0 saturated heterocycles. The van der Waals surface area contributed by atoms with Crippen LogP contribution in [0, 0.1) is 11.6 Å². The average Bonchev–Trinajstić information content (AvgIpc) is 2.61. The highest BCUT2D eigenvalue weighted by molar-refractivity contribution is 5.92. The molecule has 5 nitrogen and oxygen atoms in total. The first kappa shape index (κ1) is 16.5. The normalized spacial score (nSPS) is 10.3. The Hall–Kier alpha value is -3.35. The molecule has 1 heterocycles. The molecule has 2 N–H and O–H groups in total. The molecule has 3 aromatic rings. The number of anilines is 2. The van der Waals surface area contributed by atoms with Crippen molar-refractivity contribution in [3.05, 3.63) is 83.7 Å². The third-order valence-corrected chi connectivity index (χ3v) is 3.34. The molecule has 1 amide bonds. The zero-order chi connectivity index (χ0) is 17.6. The fraction of sp³-hybridized carbons (Fsp3) is 0.0556. The van der Waals surface area contributed by atoms with Crippen molar-refractivity contribution in [2.45, 2.75) is 6.54 Å². The quantitative estimate of drug-likeness (QED) is 0.747. The molecule has 0 bridgehead atoms. The van der Waals surface area contributed by atoms with E-state index >= 15 is 0 Å². The molecule has 2 aromatic carbocycles. The van der Waals surface area contributed by atoms with E-state index in [0.29, 0.717) is 5.69 Å². The van der Waals surface area contributed by atoms with E-state index < -0.39 is 11.7 Å². The van der Waals surface area contributed by atoms with E-state index in [0.717, 1.165) is 5.56 Å². The minimum Gasteiger partial charge on any atom is -0.347 e. The molecule has 0 aliphatic heterocycles. The third-order valence-electron chi connectivity index (χ3n) is 3.34. The molecule has 0 fully saturated rings. The van der Waals surface area contributed by atoms with Crippen molar-refractivity contribution in [2.75, 3.05) is 5.32 Å². The lowest BCUT2D eigenvalue weighted by molar-refractivity contribution is 0.0946. The lowest BCUT2D eigenvalue weighted by Gasteiger charge is -2.07. The van der Waals surface area contributed by atoms with Gasteiger partial charge in [0.25, 0.3) is 5.91 Å². The number of hydrogen-bond donors (Lipinski definition) is 2. The number of nitrogens with one attached hydrogen (secondary N) is 2. The van der Waals surface area contributed by atoms with Gasteiger partial charge in [-0.1, -0.05) is 18.2 Å². The van der Waals surface area contributed by atoms with E-state index in [2.05, 4.69) is 20.6 Å². The maximum absolute atomic E-state index is 13.2. The number of rotatable bonds is 5. The van der Waals surface area contributed by atoms with Crippen molar-refractivity contribution in [1.82, 2.24) is 15.3 Å². The van der Waals surface area contributed by atoms with Gasteiger partial charge in [0.05, 0.1) is 0 Å². The molecule has 126 valence electrons. The maximum Gasteiger partial charge on any atom is 0.270 e. The summed E-state index contributed by atoms with van der Waals surface area (Å²) >= 11 is 0. The van der Waals surface area contributed by atoms with Crippen LogP contribution < -0.4 is 10.6 Å². The first-order valence-electron chi connectivity index (χ1n) is 7.48. The van der Waals surface area contributed by atoms with Crippen LogP contribution in [0.3, 0.4) is 0 Å². The van der Waals surface area contributed by atoms with E-state index in [1.807, 2.05) is 0 Å². The van der Waals surface area contributed by atoms with Crippen LogP contribution in [0.1, 0.15) is 16.1 Å². The summed E-state index contributed by atoms with van der Waals surface area (Å²) in [5.41, 5.74) is 1.40. The monoisotopic (exact) mass is 340 g/mol. The summed E-state index contributed by atoms with van der Waals surface area (Å²) in [4.78, 5) is 20.3. The molecule has 25 heavy (non-hydrogen) atoms. The molecule has 0 aliphatic carbocycles. The first-order valence-corrected chi connectivity index (χ1v) is 7.48. The Morgan fingerprint density at radius 2 is 1.80 bits per heavy atom. The molecule has 1 aromatic heterocycles. The number of carbonyl (C=O) groups excluding carboxylic acids is 1. The number of aromatic nitrogens is 2. The molecule has 0 saturated carbocycles. The van der Waals surface area contributed by atoms with Crippen molar-refractivity contribution >= 4 is 17.5 Å². The second kappa shape index (κ2) is 7.48. The highest BCUT2D eigenvalue weighted by Crippen LogP contribution is 2.14. The Morgan fingerprint density at radius 1 is 1.00 bits per heavy atom. The summed E-state index contributed by atoms with van der Waals surface area (Å²) in [6.07, 6.45) is 1.43. The Morgan fingerprint density at radius 3 is 2.56 bits per heavy atom. The van der Waals surface area contributed by atoms with E-state index in [4.69, 9.17) is 0 Å². The van der Waals surface area contributed by atoms with Gasteiger partial charge in [0.15, 0.2) is 0 Å². The second-order valence-corrected chi connectivity index (χ2v) is 5.21. The fourth-order valence-electron chi connectivity index (χ4n) is 2.12. The van der Waals surface area contributed by atoms with Gasteiger partial charge < -0.3 is 10.6 Å². The Balaban J connectivity index is 1.65. The van der Waals surface area contributed by atoms with Gasteiger partial charge in [-0.05, 0) is 42.0 Å². The average molecular weight is 340 g/mol. The summed E-state index contributed by atoms with van der Waals surface area (Å²) in [5.74, 6) is -0.939. The summed E-state index contributed by atoms with van der Waals surface area (Å²) < 4.78 is 26.1. The van der Waals surface area contributed by atoms with E-state index in [1.54, 1.807) is 24.3 Å². The largest absolute Gasteiger partial charge is 0.347 e. The van der Waals surface area contributed by atoms with Crippen molar-refractivity contribution in [3.63, 3.8) is 0 Å². The SMILES string of the molecule is O=C(NCc1ccc(F)cc1)c1ccnc(Nc2cccc(F)c2)n1. The van der Waals surface area contributed by atoms with Crippen LogP contribution in [-0.4, -0.2) is 15.9 Å². The van der Waals surface area contributed by atoms with Crippen LogP contribution in [0.25, 0.3) is 0 Å². The van der Waals surface area contributed by atoms with Gasteiger partial charge in [-0.2, -0.15) is 0 Å². The maximum atomic E-state index is 13.2. The lowest BCUT2D eigenvalue weighted by atomic mass is 10.2. The van der Waals surface area contributed by atoms with Crippen LogP contribution in [0.2, 0.25) is 0 Å². The van der Waals surface area contributed by atoms with Crippen LogP contribution in [0.5, 0.6) is 0 Å². The van der Waals surface area contributed by atoms with Crippen LogP contribution in [-0.2, 0) is 6.54 Å². The van der Waals surface area contributed by atoms with Crippen molar-refractivity contribution in [3.8, 4) is 0 Å². The molecule has 0 atom stereocenters. The lowest BCUT2D eigenvalue weighted by Crippen LogP contribution is -2.24. The Bertz CT molecular complexity index is 884. The highest BCUT2D eigenvalue weighted by atomic mass is 19.1. The van der Waals surface area contributed by atoms with E-state index in [9.17, 15) is 13.6 Å². The van der Waals surface area contributed by atoms with E-state index in [1.165, 1.54) is 36.5 Å². The van der Waals surface area contributed by atoms with Crippen molar-refractivity contribution in [2.24, 2.45) is 0 Å². The third kappa shape index (κ3) is 4.57. The van der Waals surface area contributed by atoms with Gasteiger partial charge >= 0.3 is 0 Å². The first-order chi connectivity index (χ1) is 12.1. The number of hydrogen-bond acceptors (Lipinski definition) is 4. The molecule has 0 aliphatic rings. The molecule has 3 rings (SSSR count). The number of halogens is 2. The second-order valence-electron chi connectivity index (χ2n) is 5.21. The van der Waals surface area contributed by atoms with Crippen molar-refractivity contribution < 1.29 is 13.6 Å². The Kier molecular flexibility index (Phi) is 4.94. The van der Waals surface area contributed by atoms with Gasteiger partial charge in [-0.15, -0.1) is 0 Å². The summed E-state index contributed by atoms with van der Waals surface area (Å²) in [6, 6.07) is 13.1. The summed E-state index contributed by atoms with van der Waals surface area (Å²) in [6.45, 7) is 0.246. The minimum atomic E-state index is -0.394. The highest BCUT2D eigenvalue weighted by Gasteiger charge is 2.09. The van der Waals surface area contributed by atoms with Crippen LogP contribution in [0.15, 0.2) is 60.8 Å². The molecule has 7 heteroatoms. The van der Waals surface area contributed by atoms with Gasteiger partial charge in [0.1, 0.15) is 17.3 Å². The van der Waals surface area contributed by atoms with E-state index in [-0.39, 0.29) is 24.0 Å². The number of benzene rings is 2. The summed E-state index contributed by atoms with van der Waals surface area (Å²) in [7, 11) is 0. The van der Waals surface area contributed by atoms with Crippen LogP contribution in [0.4, 0.5) is 20.4 Å². The zero-order valence-electron chi connectivity index (χ0n) is 13.0. The number of amides is 1. The van der Waals surface area contributed by atoms with Crippen molar-refractivity contribution in [1.29, 1.82) is 0 Å². The zero-order valence-corrected chi connectivity index (χ0v) is 13.0. The molecule has 0 spiro atoms. The topological polar surface area (TPSA) is 66.9 Å². The number of carbonyl (C=O) groups is 1. The predicted octanol–water partition coefficient (Wildman–Crippen LogP) is 3.43. The van der Waals surface area contributed by atoms with Gasteiger partial charge in [-0.3, -0.25) is 4.79 Å². The predicted molar refractivity (Wildman–Crippen MR) is 89.3 cm³/mol. The van der Waals surface area contributed by atoms with Gasteiger partial charge in [-0.25, -0.2) is 18.7 Å². The fourth-order valence-corrected chi connectivity index (χ4v) is 2.12. The standard InChI is InChI=1S/C18H14F2N4O/c19-13-6-4-12(5-7-13)11-22-17(25)16-8-9-21-18(24-16)23-15-3-1-2-14(20)10-15/h1-10H,11H2,(H,22,25)(H,21,23,24). The molecule has 0 radical (unpaired) electrons. The smallest absolute Gasteiger partial charge is 0.270 e. The molecular formula is C18H14F2N4O. The molecular weight excluding hydrogens is 326 g/mol. The molecule has 0 unspecified atom stereocenters. The van der Waals surface area contributed by atoms with Gasteiger partial charge in [0, 0.05) is 18.4 Å². The van der Waals surface area contributed by atoms with Crippen LogP contribution >= 0.6 is 0 Å². The Labute approximate surface area is 142 Å². The minimum absolute atomic E-state index is 0.163. The summed E-state index contributed by atoms with van der Waals surface area (Å²) in [5, 5.41) is 5.53.